The Balaban J connectivity index is 2.62. The molecule has 19 heavy (non-hydrogen) atoms. The Bertz CT molecular complexity index is 568. The lowest BCUT2D eigenvalue weighted by Crippen LogP contribution is -2.11. The second-order valence-electron chi connectivity index (χ2n) is 4.22. The molecule has 0 unspecified atom stereocenters. The minimum atomic E-state index is 0.286. The number of methoxy groups -OCH3 is 1. The maximum atomic E-state index is 5.94. The predicted molar refractivity (Wildman–Crippen MR) is 75.0 cm³/mol. The summed E-state index contributed by atoms with van der Waals surface area (Å²) in [6.07, 6.45) is 0.640. The molecule has 0 saturated heterocycles. The number of ether oxygens (including phenoxy) is 1. The van der Waals surface area contributed by atoms with Gasteiger partial charge in [-0.3, -0.25) is 4.57 Å². The van der Waals surface area contributed by atoms with Crippen LogP contribution in [0.15, 0.2) is 18.2 Å². The van der Waals surface area contributed by atoms with Gasteiger partial charge in [0.15, 0.2) is 5.82 Å². The largest absolute Gasteiger partial charge is 0.495 e. The van der Waals surface area contributed by atoms with Crippen LogP contribution in [0, 0.1) is 6.92 Å². The average Bonchev–Trinajstić information content (AvgIpc) is 2.82. The van der Waals surface area contributed by atoms with Crippen LogP contribution in [0.2, 0.25) is 0 Å². The van der Waals surface area contributed by atoms with Gasteiger partial charge < -0.3 is 10.5 Å². The lowest BCUT2D eigenvalue weighted by molar-refractivity contribution is 0.412. The van der Waals surface area contributed by atoms with Crippen molar-refractivity contribution < 1.29 is 4.74 Å². The van der Waals surface area contributed by atoms with Gasteiger partial charge in [-0.2, -0.15) is 0 Å². The summed E-state index contributed by atoms with van der Waals surface area (Å²) >= 11 is 5.94. The number of nitrogens with two attached hydrogens (primary N) is 1. The van der Waals surface area contributed by atoms with E-state index in [4.69, 9.17) is 22.1 Å². The Morgan fingerprint density at radius 1 is 1.32 bits per heavy atom. The van der Waals surface area contributed by atoms with Crippen LogP contribution in [-0.4, -0.2) is 28.4 Å². The highest BCUT2D eigenvalue weighted by atomic mass is 35.5. The summed E-state index contributed by atoms with van der Waals surface area (Å²) in [7, 11) is 1.64. The van der Waals surface area contributed by atoms with E-state index in [1.807, 2.05) is 29.7 Å². The molecule has 0 aliphatic carbocycles. The van der Waals surface area contributed by atoms with Crippen LogP contribution in [0.5, 0.6) is 5.75 Å². The Labute approximate surface area is 117 Å². The molecule has 0 fully saturated rings. The van der Waals surface area contributed by atoms with Crippen molar-refractivity contribution in [3.8, 4) is 11.4 Å². The van der Waals surface area contributed by atoms with Crippen LogP contribution in [0.4, 0.5) is 0 Å². The molecule has 2 aromatic rings. The van der Waals surface area contributed by atoms with E-state index in [1.54, 1.807) is 7.11 Å². The van der Waals surface area contributed by atoms with E-state index in [-0.39, 0.29) is 5.88 Å². The summed E-state index contributed by atoms with van der Waals surface area (Å²) < 4.78 is 7.33. The van der Waals surface area contributed by atoms with Crippen LogP contribution in [0.3, 0.4) is 0 Å². The molecule has 1 aromatic heterocycles. The number of benzene rings is 1. The number of aryl methyl sites for hydroxylation is 1. The van der Waals surface area contributed by atoms with Crippen LogP contribution >= 0.6 is 11.6 Å². The third-order valence-corrected chi connectivity index (χ3v) is 3.10. The topological polar surface area (TPSA) is 66.0 Å². The number of nitrogens with zero attached hydrogens (tertiary/aromatic N) is 3. The number of hydrogen-bond donors (Lipinski definition) is 1. The first-order valence-corrected chi connectivity index (χ1v) is 6.59. The lowest BCUT2D eigenvalue weighted by atomic mass is 10.2. The Kier molecular flexibility index (Phi) is 4.39. The lowest BCUT2D eigenvalue weighted by Gasteiger charge is -2.14. The van der Waals surface area contributed by atoms with E-state index in [0.29, 0.717) is 18.8 Å². The van der Waals surface area contributed by atoms with E-state index < -0.39 is 0 Å². The maximum absolute atomic E-state index is 5.94. The standard InChI is InChI=1S/C13H17ClN4O/c1-9-3-4-11(19-2)10(7-9)18-12(5-6-15)16-17-13(18)8-14/h3-4,7H,5-6,8,15H2,1-2H3. The Morgan fingerprint density at radius 2 is 2.05 bits per heavy atom. The smallest absolute Gasteiger partial charge is 0.152 e. The minimum absolute atomic E-state index is 0.286. The van der Waals surface area contributed by atoms with Gasteiger partial charge in [-0.05, 0) is 31.2 Å². The van der Waals surface area contributed by atoms with Gasteiger partial charge in [0, 0.05) is 6.42 Å². The van der Waals surface area contributed by atoms with Crippen molar-refractivity contribution in [2.75, 3.05) is 13.7 Å². The van der Waals surface area contributed by atoms with Crippen LogP contribution in [0.1, 0.15) is 17.2 Å². The fraction of sp³-hybridized carbons (Fsp3) is 0.385. The molecule has 0 bridgehead atoms. The first-order chi connectivity index (χ1) is 9.21. The van der Waals surface area contributed by atoms with Gasteiger partial charge in [0.1, 0.15) is 11.6 Å². The quantitative estimate of drug-likeness (QED) is 0.849. The molecule has 102 valence electrons. The summed E-state index contributed by atoms with van der Waals surface area (Å²) in [6.45, 7) is 2.53. The Morgan fingerprint density at radius 3 is 2.68 bits per heavy atom. The fourth-order valence-corrected chi connectivity index (χ4v) is 2.16. The summed E-state index contributed by atoms with van der Waals surface area (Å²) in [4.78, 5) is 0. The van der Waals surface area contributed by atoms with Crippen molar-refractivity contribution in [1.82, 2.24) is 14.8 Å². The van der Waals surface area contributed by atoms with Gasteiger partial charge in [-0.1, -0.05) is 6.07 Å². The highest BCUT2D eigenvalue weighted by Gasteiger charge is 2.16. The Hall–Kier alpha value is -1.59. The zero-order valence-electron chi connectivity index (χ0n) is 11.1. The van der Waals surface area contributed by atoms with Gasteiger partial charge in [0.2, 0.25) is 0 Å². The summed E-state index contributed by atoms with van der Waals surface area (Å²) in [5.41, 5.74) is 7.64. The second kappa shape index (κ2) is 6.04. The van der Waals surface area contributed by atoms with Gasteiger partial charge in [-0.15, -0.1) is 21.8 Å². The van der Waals surface area contributed by atoms with Crippen molar-refractivity contribution in [2.24, 2.45) is 5.73 Å². The molecule has 2 N–H and O–H groups in total. The molecule has 1 aromatic carbocycles. The zero-order valence-corrected chi connectivity index (χ0v) is 11.8. The summed E-state index contributed by atoms with van der Waals surface area (Å²) in [5, 5.41) is 8.26. The molecule has 5 nitrogen and oxygen atoms in total. The molecule has 0 atom stereocenters. The van der Waals surface area contributed by atoms with E-state index in [0.717, 1.165) is 22.8 Å². The SMILES string of the molecule is COc1ccc(C)cc1-n1c(CCl)nnc1CCN. The molecule has 6 heteroatoms. The number of alkyl halides is 1. The normalized spacial score (nSPS) is 10.7. The third-order valence-electron chi connectivity index (χ3n) is 2.86. The summed E-state index contributed by atoms with van der Waals surface area (Å²) in [6, 6.07) is 5.95. The molecular formula is C13H17ClN4O. The van der Waals surface area contributed by atoms with Crippen molar-refractivity contribution >= 4 is 11.6 Å². The number of rotatable bonds is 5. The van der Waals surface area contributed by atoms with E-state index in [9.17, 15) is 0 Å². The highest BCUT2D eigenvalue weighted by molar-refractivity contribution is 6.16. The van der Waals surface area contributed by atoms with E-state index in [1.165, 1.54) is 0 Å². The number of aromatic nitrogens is 3. The number of halogens is 1. The van der Waals surface area contributed by atoms with Crippen molar-refractivity contribution in [1.29, 1.82) is 0 Å². The molecular weight excluding hydrogens is 264 g/mol. The molecule has 2 rings (SSSR count). The zero-order chi connectivity index (χ0) is 13.8. The van der Waals surface area contributed by atoms with Crippen LogP contribution in [0.25, 0.3) is 5.69 Å². The molecule has 0 aliphatic heterocycles. The summed E-state index contributed by atoms with van der Waals surface area (Å²) in [5.74, 6) is 2.53. The molecule has 0 amide bonds. The first-order valence-electron chi connectivity index (χ1n) is 6.05. The van der Waals surface area contributed by atoms with Gasteiger partial charge in [0.25, 0.3) is 0 Å². The average molecular weight is 281 g/mol. The second-order valence-corrected chi connectivity index (χ2v) is 4.48. The van der Waals surface area contributed by atoms with Crippen molar-refractivity contribution in [3.63, 3.8) is 0 Å². The van der Waals surface area contributed by atoms with Crippen molar-refractivity contribution in [2.45, 2.75) is 19.2 Å². The molecule has 0 spiro atoms. The van der Waals surface area contributed by atoms with Crippen molar-refractivity contribution in [3.05, 3.63) is 35.4 Å². The fourth-order valence-electron chi connectivity index (χ4n) is 1.98. The number of hydrogen-bond acceptors (Lipinski definition) is 4. The van der Waals surface area contributed by atoms with Gasteiger partial charge in [-0.25, -0.2) is 0 Å². The molecule has 0 saturated carbocycles. The molecule has 0 aliphatic rings. The van der Waals surface area contributed by atoms with Gasteiger partial charge in [0.05, 0.1) is 18.7 Å². The first kappa shape index (κ1) is 13.8. The maximum Gasteiger partial charge on any atom is 0.152 e. The molecule has 1 heterocycles. The monoisotopic (exact) mass is 280 g/mol. The van der Waals surface area contributed by atoms with Gasteiger partial charge >= 0.3 is 0 Å². The van der Waals surface area contributed by atoms with Crippen LogP contribution < -0.4 is 10.5 Å². The van der Waals surface area contributed by atoms with E-state index >= 15 is 0 Å². The highest BCUT2D eigenvalue weighted by Crippen LogP contribution is 2.26. The third kappa shape index (κ3) is 2.72. The minimum Gasteiger partial charge on any atom is -0.495 e. The molecule has 0 radical (unpaired) electrons. The van der Waals surface area contributed by atoms with Crippen LogP contribution in [-0.2, 0) is 12.3 Å². The van der Waals surface area contributed by atoms with E-state index in [2.05, 4.69) is 10.2 Å². The predicted octanol–water partition coefficient (Wildman–Crippen LogP) is 1.82.